The summed E-state index contributed by atoms with van der Waals surface area (Å²) in [6, 6.07) is 6.66. The van der Waals surface area contributed by atoms with Crippen molar-refractivity contribution in [2.24, 2.45) is 5.41 Å². The lowest BCUT2D eigenvalue weighted by Crippen LogP contribution is -2.39. The number of hydrogen-bond donors (Lipinski definition) is 1. The molecule has 2 aliphatic rings. The van der Waals surface area contributed by atoms with Crippen LogP contribution >= 0.6 is 0 Å². The van der Waals surface area contributed by atoms with Crippen LogP contribution in [-0.4, -0.2) is 30.0 Å². The van der Waals surface area contributed by atoms with Gasteiger partial charge >= 0.3 is 0 Å². The summed E-state index contributed by atoms with van der Waals surface area (Å²) in [5.74, 6) is 0.380. The zero-order valence-corrected chi connectivity index (χ0v) is 17.3. The average molecular weight is 387 g/mol. The lowest BCUT2D eigenvalue weighted by molar-refractivity contribution is -0.0226. The molecule has 1 N–H and O–H groups in total. The van der Waals surface area contributed by atoms with Crippen LogP contribution in [0.5, 0.6) is 0 Å². The van der Waals surface area contributed by atoms with Crippen molar-refractivity contribution in [3.63, 3.8) is 0 Å². The van der Waals surface area contributed by atoms with Gasteiger partial charge in [0.2, 0.25) is 0 Å². The third-order valence-corrected chi connectivity index (χ3v) is 5.87. The minimum Gasteiger partial charge on any atom is -0.491 e. The quantitative estimate of drug-likeness (QED) is 0.751. The Morgan fingerprint density at radius 2 is 1.93 bits per heavy atom. The van der Waals surface area contributed by atoms with Crippen molar-refractivity contribution in [1.82, 2.24) is 0 Å². The second kappa shape index (κ2) is 7.84. The van der Waals surface area contributed by atoms with E-state index < -0.39 is 6.10 Å². The molecule has 0 aromatic heterocycles. The Kier molecular flexibility index (Phi) is 5.83. The van der Waals surface area contributed by atoms with E-state index in [0.717, 1.165) is 24.0 Å². The Hall–Kier alpha value is -1.91. The molecule has 1 saturated heterocycles. The molecule has 1 fully saturated rings. The number of methoxy groups -OCH3 is 1. The number of aliphatic hydroxyl groups excluding tert-OH is 1. The molecule has 0 radical (unpaired) electrons. The topological polar surface area (TPSA) is 38.7 Å². The number of allylic oxidation sites excluding steroid dienone is 2. The van der Waals surface area contributed by atoms with Crippen LogP contribution in [0, 0.1) is 11.2 Å². The third-order valence-electron chi connectivity index (χ3n) is 5.87. The summed E-state index contributed by atoms with van der Waals surface area (Å²) in [7, 11) is 1.75. The molecule has 0 amide bonds. The van der Waals surface area contributed by atoms with Gasteiger partial charge in [-0.1, -0.05) is 38.6 Å². The standard InChI is InChI=1S/C24H31FO3/c1-16-12-19(26)13-20(28-16)10-11-22-21(17-6-8-18(25)9-7-17)14-24(4,27-5)15-23(22,2)3/h6-11,19-20,26H,1,12-15H2,2-5H3/b11-10+/t19-,20+,24?/m0/s1. The Labute approximate surface area is 167 Å². The molecule has 1 aliphatic carbocycles. The number of hydrogen-bond acceptors (Lipinski definition) is 3. The van der Waals surface area contributed by atoms with Gasteiger partial charge in [0, 0.05) is 26.4 Å². The van der Waals surface area contributed by atoms with Crippen molar-refractivity contribution in [2.75, 3.05) is 7.11 Å². The molecule has 3 nitrogen and oxygen atoms in total. The van der Waals surface area contributed by atoms with Crippen molar-refractivity contribution in [3.8, 4) is 0 Å². The van der Waals surface area contributed by atoms with Crippen molar-refractivity contribution in [3.05, 3.63) is 65.7 Å². The van der Waals surface area contributed by atoms with Gasteiger partial charge in [0.25, 0.3) is 0 Å². The average Bonchev–Trinajstić information content (AvgIpc) is 2.59. The van der Waals surface area contributed by atoms with Gasteiger partial charge in [0.15, 0.2) is 0 Å². The normalized spacial score (nSPS) is 30.6. The largest absolute Gasteiger partial charge is 0.491 e. The maximum Gasteiger partial charge on any atom is 0.123 e. The van der Waals surface area contributed by atoms with E-state index in [1.165, 1.54) is 17.7 Å². The van der Waals surface area contributed by atoms with Crippen LogP contribution in [0.15, 0.2) is 54.3 Å². The summed E-state index contributed by atoms with van der Waals surface area (Å²) >= 11 is 0. The number of halogens is 1. The van der Waals surface area contributed by atoms with Crippen molar-refractivity contribution < 1.29 is 19.0 Å². The third kappa shape index (κ3) is 4.56. The Balaban J connectivity index is 2.02. The molecule has 1 aliphatic heterocycles. The van der Waals surface area contributed by atoms with E-state index in [1.54, 1.807) is 7.11 Å². The van der Waals surface area contributed by atoms with Crippen LogP contribution in [0.4, 0.5) is 4.39 Å². The van der Waals surface area contributed by atoms with Gasteiger partial charge in [0.1, 0.15) is 11.9 Å². The molecule has 1 heterocycles. The summed E-state index contributed by atoms with van der Waals surface area (Å²) < 4.78 is 25.1. The molecular weight excluding hydrogens is 355 g/mol. The fourth-order valence-corrected chi connectivity index (χ4v) is 4.60. The van der Waals surface area contributed by atoms with Crippen molar-refractivity contribution in [2.45, 2.75) is 64.3 Å². The van der Waals surface area contributed by atoms with Gasteiger partial charge in [-0.3, -0.25) is 0 Å². The van der Waals surface area contributed by atoms with Crippen LogP contribution < -0.4 is 0 Å². The van der Waals surface area contributed by atoms with Gasteiger partial charge < -0.3 is 14.6 Å². The molecule has 0 spiro atoms. The highest BCUT2D eigenvalue weighted by atomic mass is 19.1. The molecule has 1 aromatic rings. The van der Waals surface area contributed by atoms with Gasteiger partial charge in [-0.05, 0) is 53.7 Å². The molecule has 28 heavy (non-hydrogen) atoms. The number of rotatable bonds is 4. The lowest BCUT2D eigenvalue weighted by Gasteiger charge is -2.44. The monoisotopic (exact) mass is 386 g/mol. The maximum absolute atomic E-state index is 13.5. The van der Waals surface area contributed by atoms with E-state index in [1.807, 2.05) is 18.2 Å². The van der Waals surface area contributed by atoms with Crippen LogP contribution in [-0.2, 0) is 9.47 Å². The van der Waals surface area contributed by atoms with E-state index in [9.17, 15) is 9.50 Å². The second-order valence-corrected chi connectivity index (χ2v) is 8.94. The van der Waals surface area contributed by atoms with Crippen LogP contribution in [0.1, 0.15) is 52.0 Å². The van der Waals surface area contributed by atoms with Crippen molar-refractivity contribution >= 4 is 5.57 Å². The van der Waals surface area contributed by atoms with E-state index in [0.29, 0.717) is 18.6 Å². The van der Waals surface area contributed by atoms with Gasteiger partial charge in [-0.2, -0.15) is 0 Å². The Morgan fingerprint density at radius 3 is 2.54 bits per heavy atom. The first-order valence-corrected chi connectivity index (χ1v) is 9.87. The summed E-state index contributed by atoms with van der Waals surface area (Å²) in [4.78, 5) is 0. The fourth-order valence-electron chi connectivity index (χ4n) is 4.60. The second-order valence-electron chi connectivity index (χ2n) is 8.94. The first kappa shape index (κ1) is 20.8. The molecular formula is C24H31FO3. The van der Waals surface area contributed by atoms with Gasteiger partial charge in [-0.15, -0.1) is 0 Å². The molecule has 1 aromatic carbocycles. The molecule has 0 saturated carbocycles. The summed E-state index contributed by atoms with van der Waals surface area (Å²) in [5.41, 5.74) is 2.95. The minimum atomic E-state index is -0.419. The van der Waals surface area contributed by atoms with E-state index in [2.05, 4.69) is 33.4 Å². The zero-order valence-electron chi connectivity index (χ0n) is 17.3. The lowest BCUT2D eigenvalue weighted by atomic mass is 9.65. The highest BCUT2D eigenvalue weighted by Crippen LogP contribution is 2.50. The number of benzene rings is 1. The van der Waals surface area contributed by atoms with Crippen LogP contribution in [0.25, 0.3) is 5.57 Å². The predicted octanol–water partition coefficient (Wildman–Crippen LogP) is 5.41. The van der Waals surface area contributed by atoms with Crippen LogP contribution in [0.2, 0.25) is 0 Å². The predicted molar refractivity (Wildman–Crippen MR) is 110 cm³/mol. The Bertz CT molecular complexity index is 791. The molecule has 4 heteroatoms. The van der Waals surface area contributed by atoms with E-state index in [4.69, 9.17) is 9.47 Å². The summed E-state index contributed by atoms with van der Waals surface area (Å²) in [6.45, 7) is 10.4. The number of ether oxygens (including phenoxy) is 2. The molecule has 3 atom stereocenters. The van der Waals surface area contributed by atoms with Crippen molar-refractivity contribution in [1.29, 1.82) is 0 Å². The maximum atomic E-state index is 13.5. The Morgan fingerprint density at radius 1 is 1.25 bits per heavy atom. The zero-order chi connectivity index (χ0) is 20.5. The van der Waals surface area contributed by atoms with E-state index in [-0.39, 0.29) is 22.9 Å². The molecule has 1 unspecified atom stereocenters. The minimum absolute atomic E-state index is 0.131. The highest BCUT2D eigenvalue weighted by Gasteiger charge is 2.41. The summed E-state index contributed by atoms with van der Waals surface area (Å²) in [6.07, 6.45) is 6.20. The molecule has 152 valence electrons. The first-order valence-electron chi connectivity index (χ1n) is 9.87. The highest BCUT2D eigenvalue weighted by molar-refractivity contribution is 5.74. The first-order chi connectivity index (χ1) is 13.1. The summed E-state index contributed by atoms with van der Waals surface area (Å²) in [5, 5.41) is 10.0. The van der Waals surface area contributed by atoms with Crippen LogP contribution in [0.3, 0.4) is 0 Å². The SMILES string of the molecule is C=C1C[C@H](O)C[C@@H](/C=C/C2=C(c3ccc(F)cc3)CC(C)(OC)CC2(C)C)O1. The smallest absolute Gasteiger partial charge is 0.123 e. The molecule has 0 bridgehead atoms. The fraction of sp³-hybridized carbons (Fsp3) is 0.500. The van der Waals surface area contributed by atoms with Gasteiger partial charge in [0.05, 0.1) is 17.5 Å². The van der Waals surface area contributed by atoms with Gasteiger partial charge in [-0.25, -0.2) is 4.39 Å². The molecule has 3 rings (SSSR count). The van der Waals surface area contributed by atoms with E-state index >= 15 is 0 Å². The number of aliphatic hydroxyl groups is 1.